The standard InChI is InChI=1S/C18H22N4O4/c1-21-18(25)8-14(10-20-21)22-7-6-13(11-22)9-19-17(24)12-26-16-5-3-2-4-15(16)23/h2-5,8,10,13,23H,6-7,9,11-12H2,1H3,(H,19,24)/t13-/m1/s1. The van der Waals surface area contributed by atoms with Crippen molar-refractivity contribution in [3.63, 3.8) is 0 Å². The second kappa shape index (κ2) is 7.90. The third-order valence-corrected chi connectivity index (χ3v) is 4.42. The highest BCUT2D eigenvalue weighted by Crippen LogP contribution is 2.24. The lowest BCUT2D eigenvalue weighted by atomic mass is 10.1. The summed E-state index contributed by atoms with van der Waals surface area (Å²) in [6.07, 6.45) is 2.61. The second-order valence-electron chi connectivity index (χ2n) is 6.34. The Balaban J connectivity index is 1.44. The number of phenolic OH excluding ortho intramolecular Hbond substituents is 1. The predicted molar refractivity (Wildman–Crippen MR) is 96.4 cm³/mol. The molecule has 138 valence electrons. The first kappa shape index (κ1) is 17.8. The van der Waals surface area contributed by atoms with Crippen LogP contribution in [0.1, 0.15) is 6.42 Å². The molecule has 26 heavy (non-hydrogen) atoms. The van der Waals surface area contributed by atoms with E-state index in [1.807, 2.05) is 0 Å². The van der Waals surface area contributed by atoms with Gasteiger partial charge in [-0.3, -0.25) is 9.59 Å². The fourth-order valence-electron chi connectivity index (χ4n) is 2.90. The van der Waals surface area contributed by atoms with E-state index in [4.69, 9.17) is 4.74 Å². The Morgan fingerprint density at radius 3 is 3.00 bits per heavy atom. The summed E-state index contributed by atoms with van der Waals surface area (Å²) in [5.74, 6) is 0.359. The van der Waals surface area contributed by atoms with Gasteiger partial charge in [0, 0.05) is 32.7 Å². The van der Waals surface area contributed by atoms with Gasteiger partial charge in [0.1, 0.15) is 0 Å². The first-order chi connectivity index (χ1) is 12.5. The zero-order chi connectivity index (χ0) is 18.5. The van der Waals surface area contributed by atoms with Gasteiger partial charge in [-0.25, -0.2) is 4.68 Å². The third-order valence-electron chi connectivity index (χ3n) is 4.42. The minimum Gasteiger partial charge on any atom is -0.504 e. The SMILES string of the molecule is Cn1ncc(N2CC[C@H](CNC(=O)COc3ccccc3O)C2)cc1=O. The van der Waals surface area contributed by atoms with Crippen LogP contribution in [0.4, 0.5) is 5.69 Å². The summed E-state index contributed by atoms with van der Waals surface area (Å²) in [5.41, 5.74) is 0.672. The summed E-state index contributed by atoms with van der Waals surface area (Å²) in [6, 6.07) is 8.11. The number of benzene rings is 1. The van der Waals surface area contributed by atoms with Crippen molar-refractivity contribution in [2.75, 3.05) is 31.1 Å². The van der Waals surface area contributed by atoms with Crippen LogP contribution >= 0.6 is 0 Å². The van der Waals surface area contributed by atoms with Gasteiger partial charge in [0.25, 0.3) is 11.5 Å². The van der Waals surface area contributed by atoms with Crippen LogP contribution in [0.15, 0.2) is 41.3 Å². The summed E-state index contributed by atoms with van der Waals surface area (Å²) >= 11 is 0. The molecule has 1 aromatic heterocycles. The molecule has 1 aromatic carbocycles. The number of anilines is 1. The number of amides is 1. The van der Waals surface area contributed by atoms with E-state index in [1.165, 1.54) is 10.7 Å². The van der Waals surface area contributed by atoms with Crippen LogP contribution in [-0.2, 0) is 11.8 Å². The van der Waals surface area contributed by atoms with Crippen molar-refractivity contribution in [2.45, 2.75) is 6.42 Å². The molecule has 0 aliphatic carbocycles. The molecule has 1 atom stereocenters. The van der Waals surface area contributed by atoms with Crippen molar-refractivity contribution >= 4 is 11.6 Å². The molecule has 2 aromatic rings. The van der Waals surface area contributed by atoms with Gasteiger partial charge in [0.05, 0.1) is 11.9 Å². The zero-order valence-corrected chi connectivity index (χ0v) is 14.6. The minimum atomic E-state index is -0.234. The lowest BCUT2D eigenvalue weighted by Crippen LogP contribution is -2.34. The molecule has 8 heteroatoms. The number of aromatic hydroxyl groups is 1. The third kappa shape index (κ3) is 4.33. The van der Waals surface area contributed by atoms with Crippen molar-refractivity contribution in [2.24, 2.45) is 13.0 Å². The van der Waals surface area contributed by atoms with Crippen LogP contribution in [0.2, 0.25) is 0 Å². The Hall–Kier alpha value is -3.03. The van der Waals surface area contributed by atoms with Gasteiger partial charge in [-0.05, 0) is 24.5 Å². The highest BCUT2D eigenvalue weighted by atomic mass is 16.5. The molecule has 0 saturated carbocycles. The number of carbonyl (C=O) groups excluding carboxylic acids is 1. The maximum Gasteiger partial charge on any atom is 0.268 e. The van der Waals surface area contributed by atoms with Crippen LogP contribution in [0.25, 0.3) is 0 Å². The van der Waals surface area contributed by atoms with Gasteiger partial charge >= 0.3 is 0 Å². The maximum absolute atomic E-state index is 11.9. The topological polar surface area (TPSA) is 96.7 Å². The number of nitrogens with one attached hydrogen (secondary N) is 1. The summed E-state index contributed by atoms with van der Waals surface area (Å²) < 4.78 is 6.60. The highest BCUT2D eigenvalue weighted by Gasteiger charge is 2.23. The lowest BCUT2D eigenvalue weighted by Gasteiger charge is -2.18. The first-order valence-corrected chi connectivity index (χ1v) is 8.48. The van der Waals surface area contributed by atoms with Gasteiger partial charge in [-0.1, -0.05) is 12.1 Å². The van der Waals surface area contributed by atoms with E-state index < -0.39 is 0 Å². The van der Waals surface area contributed by atoms with Crippen molar-refractivity contribution in [1.82, 2.24) is 15.1 Å². The van der Waals surface area contributed by atoms with Gasteiger partial charge < -0.3 is 20.1 Å². The fraction of sp³-hybridized carbons (Fsp3) is 0.389. The number of para-hydroxylation sites is 2. The molecule has 0 bridgehead atoms. The summed E-state index contributed by atoms with van der Waals surface area (Å²) in [7, 11) is 1.62. The van der Waals surface area contributed by atoms with Crippen LogP contribution in [0.3, 0.4) is 0 Å². The summed E-state index contributed by atoms with van der Waals surface area (Å²) in [6.45, 7) is 1.98. The Kier molecular flexibility index (Phi) is 5.40. The smallest absolute Gasteiger partial charge is 0.268 e. The van der Waals surface area contributed by atoms with E-state index in [0.717, 1.165) is 25.2 Å². The second-order valence-corrected chi connectivity index (χ2v) is 6.34. The monoisotopic (exact) mass is 358 g/mol. The molecule has 1 amide bonds. The molecule has 1 aliphatic rings. The van der Waals surface area contributed by atoms with Crippen LogP contribution in [0.5, 0.6) is 11.5 Å². The Bertz CT molecular complexity index is 836. The Morgan fingerprint density at radius 1 is 1.42 bits per heavy atom. The molecular formula is C18H22N4O4. The predicted octanol–water partition coefficient (Wildman–Crippen LogP) is 0.507. The average Bonchev–Trinajstić information content (AvgIpc) is 3.10. The molecular weight excluding hydrogens is 336 g/mol. The normalized spacial score (nSPS) is 16.5. The molecule has 1 saturated heterocycles. The van der Waals surface area contributed by atoms with Crippen molar-refractivity contribution in [1.29, 1.82) is 0 Å². The molecule has 1 fully saturated rings. The summed E-state index contributed by atoms with van der Waals surface area (Å²) in [5, 5.41) is 16.5. The molecule has 8 nitrogen and oxygen atoms in total. The van der Waals surface area contributed by atoms with E-state index in [-0.39, 0.29) is 29.6 Å². The van der Waals surface area contributed by atoms with Crippen molar-refractivity contribution < 1.29 is 14.6 Å². The Morgan fingerprint density at radius 2 is 2.23 bits per heavy atom. The molecule has 0 radical (unpaired) electrons. The Labute approximate surface area is 151 Å². The van der Waals surface area contributed by atoms with E-state index in [1.54, 1.807) is 37.5 Å². The molecule has 2 heterocycles. The number of rotatable bonds is 6. The largest absolute Gasteiger partial charge is 0.504 e. The minimum absolute atomic E-state index is 0.00866. The van der Waals surface area contributed by atoms with Crippen molar-refractivity contribution in [3.8, 4) is 11.5 Å². The van der Waals surface area contributed by atoms with Gasteiger partial charge in [0.15, 0.2) is 18.1 Å². The molecule has 0 spiro atoms. The number of aromatic nitrogens is 2. The lowest BCUT2D eigenvalue weighted by molar-refractivity contribution is -0.123. The number of phenols is 1. The maximum atomic E-state index is 11.9. The van der Waals surface area contributed by atoms with E-state index in [0.29, 0.717) is 12.5 Å². The van der Waals surface area contributed by atoms with Gasteiger partial charge in [0.2, 0.25) is 0 Å². The van der Waals surface area contributed by atoms with Gasteiger partial charge in [-0.2, -0.15) is 5.10 Å². The van der Waals surface area contributed by atoms with E-state index in [2.05, 4.69) is 15.3 Å². The average molecular weight is 358 g/mol. The number of carbonyl (C=O) groups is 1. The molecule has 3 rings (SSSR count). The van der Waals surface area contributed by atoms with Gasteiger partial charge in [-0.15, -0.1) is 0 Å². The van der Waals surface area contributed by atoms with E-state index in [9.17, 15) is 14.7 Å². The fourth-order valence-corrected chi connectivity index (χ4v) is 2.90. The number of hydrogen-bond acceptors (Lipinski definition) is 6. The van der Waals surface area contributed by atoms with E-state index >= 15 is 0 Å². The zero-order valence-electron chi connectivity index (χ0n) is 14.6. The molecule has 1 aliphatic heterocycles. The first-order valence-electron chi connectivity index (χ1n) is 8.48. The molecule has 0 unspecified atom stereocenters. The number of ether oxygens (including phenoxy) is 1. The molecule has 2 N–H and O–H groups in total. The highest BCUT2D eigenvalue weighted by molar-refractivity contribution is 5.77. The van der Waals surface area contributed by atoms with Crippen LogP contribution in [0, 0.1) is 5.92 Å². The number of hydrogen-bond donors (Lipinski definition) is 2. The number of nitrogens with zero attached hydrogens (tertiary/aromatic N) is 3. The van der Waals surface area contributed by atoms with Crippen LogP contribution in [-0.4, -0.2) is 47.0 Å². The quantitative estimate of drug-likeness (QED) is 0.781. The van der Waals surface area contributed by atoms with Crippen LogP contribution < -0.4 is 20.5 Å². The number of aryl methyl sites for hydroxylation is 1. The van der Waals surface area contributed by atoms with Crippen molar-refractivity contribution in [3.05, 3.63) is 46.9 Å². The summed E-state index contributed by atoms with van der Waals surface area (Å²) in [4.78, 5) is 25.7.